The van der Waals surface area contributed by atoms with E-state index >= 15 is 0 Å². The van der Waals surface area contributed by atoms with Crippen LogP contribution in [0.15, 0.2) is 0 Å². The number of nitrogens with zero attached hydrogens (tertiary/aromatic N) is 1. The number of rotatable bonds is 7. The molecule has 0 bridgehead atoms. The summed E-state index contributed by atoms with van der Waals surface area (Å²) in [6.07, 6.45) is 3.34. The van der Waals surface area contributed by atoms with Crippen LogP contribution in [0.3, 0.4) is 0 Å². The minimum atomic E-state index is -0.300. The molecular weight excluding hydrogens is 228 g/mol. The van der Waals surface area contributed by atoms with E-state index in [1.807, 2.05) is 6.92 Å². The van der Waals surface area contributed by atoms with E-state index in [9.17, 15) is 9.59 Å². The number of amides is 2. The van der Waals surface area contributed by atoms with Crippen LogP contribution in [-0.4, -0.2) is 35.3 Å². The van der Waals surface area contributed by atoms with Crippen molar-refractivity contribution in [1.82, 2.24) is 10.2 Å². The zero-order chi connectivity index (χ0) is 13.7. The minimum absolute atomic E-state index is 0.0320. The predicted molar refractivity (Wildman–Crippen MR) is 72.1 cm³/mol. The fraction of sp³-hybridized carbons (Fsp3) is 0.857. The van der Waals surface area contributed by atoms with E-state index in [0.717, 1.165) is 19.3 Å². The van der Waals surface area contributed by atoms with Crippen molar-refractivity contribution in [2.24, 2.45) is 5.92 Å². The van der Waals surface area contributed by atoms with Crippen LogP contribution in [0.5, 0.6) is 0 Å². The molecule has 0 radical (unpaired) electrons. The summed E-state index contributed by atoms with van der Waals surface area (Å²) in [5.41, 5.74) is 0. The van der Waals surface area contributed by atoms with Crippen molar-refractivity contribution in [2.45, 2.75) is 65.5 Å². The van der Waals surface area contributed by atoms with Gasteiger partial charge in [0, 0.05) is 12.6 Å². The maximum atomic E-state index is 12.0. The molecule has 0 spiro atoms. The SMILES string of the molecule is CCCN1C(=O)CC(NC(C)CCC(C)C)C1=O. The summed E-state index contributed by atoms with van der Waals surface area (Å²) >= 11 is 0. The molecule has 1 N–H and O–H groups in total. The van der Waals surface area contributed by atoms with E-state index in [-0.39, 0.29) is 23.9 Å². The highest BCUT2D eigenvalue weighted by Crippen LogP contribution is 2.15. The Morgan fingerprint density at radius 2 is 1.94 bits per heavy atom. The molecule has 4 heteroatoms. The third kappa shape index (κ3) is 4.09. The Labute approximate surface area is 110 Å². The van der Waals surface area contributed by atoms with Crippen molar-refractivity contribution >= 4 is 11.8 Å². The Balaban J connectivity index is 2.44. The molecule has 0 aromatic heterocycles. The lowest BCUT2D eigenvalue weighted by molar-refractivity contribution is -0.138. The highest BCUT2D eigenvalue weighted by atomic mass is 16.2. The molecule has 0 saturated carbocycles. The molecule has 2 amide bonds. The Hall–Kier alpha value is -0.900. The van der Waals surface area contributed by atoms with Gasteiger partial charge in [0.25, 0.3) is 0 Å². The average molecular weight is 254 g/mol. The van der Waals surface area contributed by atoms with E-state index in [0.29, 0.717) is 18.9 Å². The second kappa shape index (κ2) is 6.88. The van der Waals surface area contributed by atoms with Crippen LogP contribution in [0.4, 0.5) is 0 Å². The van der Waals surface area contributed by atoms with Gasteiger partial charge in [0.1, 0.15) is 0 Å². The van der Waals surface area contributed by atoms with Gasteiger partial charge in [0.15, 0.2) is 0 Å². The van der Waals surface area contributed by atoms with Crippen LogP contribution in [0, 0.1) is 5.92 Å². The van der Waals surface area contributed by atoms with E-state index < -0.39 is 0 Å². The van der Waals surface area contributed by atoms with Crippen molar-refractivity contribution in [2.75, 3.05) is 6.54 Å². The van der Waals surface area contributed by atoms with E-state index in [1.54, 1.807) is 0 Å². The molecule has 2 unspecified atom stereocenters. The first-order valence-corrected chi connectivity index (χ1v) is 7.06. The Morgan fingerprint density at radius 1 is 1.28 bits per heavy atom. The van der Waals surface area contributed by atoms with Gasteiger partial charge in [0.05, 0.1) is 12.5 Å². The maximum Gasteiger partial charge on any atom is 0.246 e. The fourth-order valence-electron chi connectivity index (χ4n) is 2.28. The topological polar surface area (TPSA) is 49.4 Å². The first-order chi connectivity index (χ1) is 8.45. The zero-order valence-corrected chi connectivity index (χ0v) is 12.0. The fourth-order valence-corrected chi connectivity index (χ4v) is 2.28. The highest BCUT2D eigenvalue weighted by molar-refractivity contribution is 6.05. The van der Waals surface area contributed by atoms with Crippen molar-refractivity contribution < 1.29 is 9.59 Å². The van der Waals surface area contributed by atoms with Crippen LogP contribution < -0.4 is 5.32 Å². The summed E-state index contributed by atoms with van der Waals surface area (Å²) in [4.78, 5) is 25.1. The second-order valence-corrected chi connectivity index (χ2v) is 5.68. The lowest BCUT2D eigenvalue weighted by Gasteiger charge is -2.19. The van der Waals surface area contributed by atoms with Crippen LogP contribution in [0.25, 0.3) is 0 Å². The molecule has 18 heavy (non-hydrogen) atoms. The van der Waals surface area contributed by atoms with Crippen molar-refractivity contribution in [3.63, 3.8) is 0 Å². The summed E-state index contributed by atoms with van der Waals surface area (Å²) in [5.74, 6) is 0.598. The monoisotopic (exact) mass is 254 g/mol. The molecule has 1 rings (SSSR count). The van der Waals surface area contributed by atoms with E-state index in [2.05, 4.69) is 26.1 Å². The number of carbonyl (C=O) groups is 2. The molecule has 1 saturated heterocycles. The zero-order valence-electron chi connectivity index (χ0n) is 12.0. The standard InChI is InChI=1S/C14H26N2O2/c1-5-8-16-13(17)9-12(14(16)18)15-11(4)7-6-10(2)3/h10-12,15H,5-9H2,1-4H3. The first kappa shape index (κ1) is 15.2. The van der Waals surface area contributed by atoms with Crippen molar-refractivity contribution in [1.29, 1.82) is 0 Å². The maximum absolute atomic E-state index is 12.0. The molecule has 104 valence electrons. The molecule has 1 heterocycles. The Morgan fingerprint density at radius 3 is 2.50 bits per heavy atom. The molecule has 0 aromatic rings. The van der Waals surface area contributed by atoms with Gasteiger partial charge in [-0.2, -0.15) is 0 Å². The Bertz CT molecular complexity index is 302. The summed E-state index contributed by atoms with van der Waals surface area (Å²) in [7, 11) is 0. The second-order valence-electron chi connectivity index (χ2n) is 5.68. The highest BCUT2D eigenvalue weighted by Gasteiger charge is 2.38. The number of hydrogen-bond donors (Lipinski definition) is 1. The van der Waals surface area contributed by atoms with Gasteiger partial charge in [-0.25, -0.2) is 0 Å². The quantitative estimate of drug-likeness (QED) is 0.706. The average Bonchev–Trinajstić information content (AvgIpc) is 2.55. The van der Waals surface area contributed by atoms with Crippen LogP contribution >= 0.6 is 0 Å². The van der Waals surface area contributed by atoms with Crippen molar-refractivity contribution in [3.8, 4) is 0 Å². The van der Waals surface area contributed by atoms with Gasteiger partial charge in [-0.1, -0.05) is 20.8 Å². The summed E-state index contributed by atoms with van der Waals surface area (Å²) < 4.78 is 0. The van der Waals surface area contributed by atoms with E-state index in [1.165, 1.54) is 4.90 Å². The molecule has 1 aliphatic heterocycles. The lowest BCUT2D eigenvalue weighted by Crippen LogP contribution is -2.43. The molecule has 0 aromatic carbocycles. The summed E-state index contributed by atoms with van der Waals surface area (Å²) in [5, 5.41) is 3.29. The smallest absolute Gasteiger partial charge is 0.246 e. The molecule has 4 nitrogen and oxygen atoms in total. The predicted octanol–water partition coefficient (Wildman–Crippen LogP) is 1.94. The van der Waals surface area contributed by atoms with Crippen LogP contribution in [0.2, 0.25) is 0 Å². The lowest BCUT2D eigenvalue weighted by atomic mass is 10.0. The summed E-state index contributed by atoms with van der Waals surface area (Å²) in [6, 6.07) is -0.0121. The Kier molecular flexibility index (Phi) is 5.79. The van der Waals surface area contributed by atoms with E-state index in [4.69, 9.17) is 0 Å². The van der Waals surface area contributed by atoms with Gasteiger partial charge in [-0.05, 0) is 32.1 Å². The normalized spacial score (nSPS) is 22.1. The largest absolute Gasteiger partial charge is 0.303 e. The van der Waals surface area contributed by atoms with Crippen molar-refractivity contribution in [3.05, 3.63) is 0 Å². The minimum Gasteiger partial charge on any atom is -0.303 e. The number of nitrogens with one attached hydrogen (secondary N) is 1. The van der Waals surface area contributed by atoms with Gasteiger partial charge in [-0.15, -0.1) is 0 Å². The summed E-state index contributed by atoms with van der Waals surface area (Å²) in [6.45, 7) is 9.01. The van der Waals surface area contributed by atoms with Gasteiger partial charge < -0.3 is 5.32 Å². The number of imide groups is 1. The molecule has 1 fully saturated rings. The molecule has 1 aliphatic rings. The van der Waals surface area contributed by atoms with Crippen LogP contribution in [0.1, 0.15) is 53.4 Å². The molecular formula is C14H26N2O2. The van der Waals surface area contributed by atoms with Crippen LogP contribution in [-0.2, 0) is 9.59 Å². The number of hydrogen-bond acceptors (Lipinski definition) is 3. The first-order valence-electron chi connectivity index (χ1n) is 7.06. The molecule has 0 aliphatic carbocycles. The number of likely N-dealkylation sites (tertiary alicyclic amines) is 1. The van der Waals surface area contributed by atoms with Gasteiger partial charge >= 0.3 is 0 Å². The van der Waals surface area contributed by atoms with Gasteiger partial charge in [0.2, 0.25) is 11.8 Å². The third-order valence-electron chi connectivity index (χ3n) is 3.35. The third-order valence-corrected chi connectivity index (χ3v) is 3.35. The van der Waals surface area contributed by atoms with Gasteiger partial charge in [-0.3, -0.25) is 14.5 Å². The number of carbonyl (C=O) groups excluding carboxylic acids is 2. The molecule has 2 atom stereocenters.